The van der Waals surface area contributed by atoms with Crippen molar-refractivity contribution < 1.29 is 63.9 Å². The molecule has 20 heteroatoms. The van der Waals surface area contributed by atoms with Gasteiger partial charge in [0.05, 0.1) is 31.4 Å². The minimum atomic E-state index is -4.93. The summed E-state index contributed by atoms with van der Waals surface area (Å²) in [5.74, 6) is -2.07. The van der Waals surface area contributed by atoms with Crippen molar-refractivity contribution in [2.75, 3.05) is 20.3 Å². The maximum absolute atomic E-state index is 14.6. The van der Waals surface area contributed by atoms with E-state index in [-0.39, 0.29) is 31.9 Å². The molecule has 1 aromatic heterocycles. The number of hydrogen-bond acceptors (Lipinski definition) is 12. The molecule has 5 rings (SSSR count). The van der Waals surface area contributed by atoms with Crippen molar-refractivity contribution >= 4 is 45.0 Å². The van der Waals surface area contributed by atoms with Gasteiger partial charge in [-0.25, -0.2) is 18.7 Å². The maximum Gasteiger partial charge on any atom is 0.427 e. The number of aryl methyl sites for hydroxylation is 1. The van der Waals surface area contributed by atoms with Gasteiger partial charge in [0.15, 0.2) is 0 Å². The first-order valence-corrected chi connectivity index (χ1v) is 20.8. The number of nitrogens with zero attached hydrogens (tertiary/aromatic N) is 2. The summed E-state index contributed by atoms with van der Waals surface area (Å²) in [7, 11) is -3.03. The van der Waals surface area contributed by atoms with Crippen molar-refractivity contribution in [2.24, 2.45) is 11.3 Å². The van der Waals surface area contributed by atoms with Gasteiger partial charge in [-0.3, -0.25) is 14.4 Å². The van der Waals surface area contributed by atoms with Crippen LogP contribution in [0.4, 0.5) is 18.0 Å². The van der Waals surface area contributed by atoms with Crippen LogP contribution >= 0.6 is 0 Å². The van der Waals surface area contributed by atoms with E-state index in [1.54, 1.807) is 59.7 Å². The molecule has 3 fully saturated rings. The van der Waals surface area contributed by atoms with Crippen molar-refractivity contribution in [3.63, 3.8) is 0 Å². The largest absolute Gasteiger partial charge is 0.496 e. The minimum Gasteiger partial charge on any atom is -0.496 e. The molecule has 59 heavy (non-hydrogen) atoms. The summed E-state index contributed by atoms with van der Waals surface area (Å²) < 4.78 is 96.1. The Morgan fingerprint density at radius 2 is 1.71 bits per heavy atom. The minimum absolute atomic E-state index is 0.0908. The van der Waals surface area contributed by atoms with E-state index in [4.69, 9.17) is 23.1 Å². The van der Waals surface area contributed by atoms with Crippen LogP contribution in [0, 0.1) is 18.3 Å². The smallest absolute Gasteiger partial charge is 0.427 e. The zero-order valence-corrected chi connectivity index (χ0v) is 35.7. The van der Waals surface area contributed by atoms with E-state index in [1.165, 1.54) is 7.11 Å². The average Bonchev–Trinajstić information content (AvgIpc) is 3.98. The number of halogens is 3. The molecule has 4 amide bonds. The fourth-order valence-electron chi connectivity index (χ4n) is 7.07. The zero-order chi connectivity index (χ0) is 44.1. The first kappa shape index (κ1) is 45.5. The number of nitrogens with one attached hydrogen (secondary N) is 3. The highest BCUT2D eigenvalue weighted by Gasteiger charge is 2.62. The second-order valence-corrected chi connectivity index (χ2v) is 18.5. The first-order chi connectivity index (χ1) is 27.2. The highest BCUT2D eigenvalue weighted by Crippen LogP contribution is 2.47. The second-order valence-electron chi connectivity index (χ2n) is 17.2. The van der Waals surface area contributed by atoms with Crippen LogP contribution in [0.1, 0.15) is 93.1 Å². The lowest BCUT2D eigenvalue weighted by Crippen LogP contribution is -2.60. The summed E-state index contributed by atoms with van der Waals surface area (Å²) in [5.41, 5.74) is -5.45. The highest BCUT2D eigenvalue weighted by atomic mass is 32.2. The van der Waals surface area contributed by atoms with Crippen molar-refractivity contribution in [3.05, 3.63) is 23.8 Å². The number of aromatic nitrogens is 1. The number of pyridine rings is 1. The van der Waals surface area contributed by atoms with Crippen molar-refractivity contribution in [1.82, 2.24) is 25.2 Å². The van der Waals surface area contributed by atoms with Crippen LogP contribution in [0.25, 0.3) is 10.9 Å². The summed E-state index contributed by atoms with van der Waals surface area (Å²) in [6, 6.07) is 2.13. The van der Waals surface area contributed by atoms with E-state index in [0.29, 0.717) is 61.1 Å². The van der Waals surface area contributed by atoms with E-state index in [2.05, 4.69) is 15.6 Å². The predicted octanol–water partition coefficient (Wildman–Crippen LogP) is 5.00. The maximum atomic E-state index is 14.6. The molecule has 16 nitrogen and oxygen atoms in total. The summed E-state index contributed by atoms with van der Waals surface area (Å²) >= 11 is 0. The lowest BCUT2D eigenvalue weighted by molar-refractivity contribution is -0.244. The van der Waals surface area contributed by atoms with Gasteiger partial charge in [-0.05, 0) is 77.3 Å². The zero-order valence-electron chi connectivity index (χ0n) is 34.9. The molecule has 2 aromatic rings. The first-order valence-electron chi connectivity index (χ1n) is 19.4. The molecule has 2 aliphatic carbocycles. The summed E-state index contributed by atoms with van der Waals surface area (Å²) in [6.45, 7) is 13.0. The van der Waals surface area contributed by atoms with Crippen LogP contribution in [0.3, 0.4) is 0 Å². The van der Waals surface area contributed by atoms with Crippen LogP contribution in [-0.4, -0.2) is 103 Å². The van der Waals surface area contributed by atoms with Crippen molar-refractivity contribution in [3.8, 4) is 17.4 Å². The normalized spacial score (nSPS) is 23.2. The van der Waals surface area contributed by atoms with E-state index >= 15 is 0 Å². The van der Waals surface area contributed by atoms with Crippen LogP contribution in [0.5, 0.6) is 17.4 Å². The average molecular weight is 858 g/mol. The quantitative estimate of drug-likeness (QED) is 0.217. The van der Waals surface area contributed by atoms with E-state index in [9.17, 15) is 40.8 Å². The van der Waals surface area contributed by atoms with Gasteiger partial charge in [-0.2, -0.15) is 21.6 Å². The second kappa shape index (κ2) is 16.1. The van der Waals surface area contributed by atoms with Gasteiger partial charge in [0.25, 0.3) is 5.91 Å². The Hall–Kier alpha value is -4.59. The lowest BCUT2D eigenvalue weighted by Gasteiger charge is -2.36. The Balaban J connectivity index is 1.49. The third-order valence-electron chi connectivity index (χ3n) is 11.0. The molecule has 1 aromatic carbocycles. The van der Waals surface area contributed by atoms with Gasteiger partial charge in [0, 0.05) is 23.4 Å². The van der Waals surface area contributed by atoms with Crippen LogP contribution in [-0.2, 0) is 33.6 Å². The molecule has 0 bridgehead atoms. The number of ether oxygens (including phenoxy) is 4. The van der Waals surface area contributed by atoms with Gasteiger partial charge in [-0.15, -0.1) is 0 Å². The number of amides is 4. The van der Waals surface area contributed by atoms with E-state index < -0.39 is 86.6 Å². The van der Waals surface area contributed by atoms with Gasteiger partial charge < -0.3 is 34.5 Å². The molecular formula is C39H54F3N5O11S. The fourth-order valence-corrected chi connectivity index (χ4v) is 8.21. The number of likely N-dealkylation sites (tertiary alicyclic amines) is 1. The Kier molecular flexibility index (Phi) is 12.4. The number of carbonyl (C=O) groups excluding carboxylic acids is 4. The van der Waals surface area contributed by atoms with Gasteiger partial charge >= 0.3 is 22.6 Å². The van der Waals surface area contributed by atoms with Crippen LogP contribution < -0.4 is 29.6 Å². The summed E-state index contributed by atoms with van der Waals surface area (Å²) in [6.07, 6.45) is -6.07. The number of rotatable bonds is 15. The molecule has 1 saturated heterocycles. The standard InChI is InChI=1S/C39H54F3N5O11S/c1-11-22-19-38(22,33(50)46-59(52,53)58-37(9)15-16-37)45-31(48)25-17-23(56-27-18-28(55-12-2)43-29-21(3)26(54-10)14-13-24(27)29)20-47(25)32(49)30(35(4,5)6)44-34(51)57-36(7,8)39(40,41)42/h13-14,18,22-23,25,30H,11-12,15-17,19-20H2,1-10H3,(H,44,51)(H,45,48)(H,46,50)/t22-,23-,25+,30-,38-/m1/s1. The predicted molar refractivity (Wildman–Crippen MR) is 207 cm³/mol. The van der Waals surface area contributed by atoms with Gasteiger partial charge in [0.1, 0.15) is 35.2 Å². The molecule has 3 aliphatic rings. The third-order valence-corrected chi connectivity index (χ3v) is 12.1. The van der Waals surface area contributed by atoms with Gasteiger partial charge in [-0.1, -0.05) is 34.1 Å². The van der Waals surface area contributed by atoms with E-state index in [1.807, 2.05) is 11.6 Å². The molecule has 0 radical (unpaired) electrons. The molecule has 2 saturated carbocycles. The molecule has 2 heterocycles. The van der Waals surface area contributed by atoms with Crippen LogP contribution in [0.2, 0.25) is 0 Å². The molecule has 3 N–H and O–H groups in total. The highest BCUT2D eigenvalue weighted by molar-refractivity contribution is 7.85. The SMILES string of the molecule is CCOc1cc(O[C@@H]2C[C@@H](C(=O)N[C@]3(C(=O)NS(=O)(=O)OC4(C)CC4)C[C@H]3CC)N(C(=O)[C@@H](NC(=O)OC(C)(C)C(F)(F)F)C(C)(C)C)C2)c2ccc(OC)c(C)c2n1. The van der Waals surface area contributed by atoms with Crippen LogP contribution in [0.15, 0.2) is 18.2 Å². The number of alkyl halides is 3. The number of fused-ring (bicyclic) bond motifs is 1. The Morgan fingerprint density at radius 1 is 1.05 bits per heavy atom. The third kappa shape index (κ3) is 9.90. The molecule has 0 spiro atoms. The lowest BCUT2D eigenvalue weighted by atomic mass is 9.85. The number of alkyl carbamates (subject to hydrolysis) is 1. The molecule has 1 aliphatic heterocycles. The van der Waals surface area contributed by atoms with E-state index in [0.717, 1.165) is 4.90 Å². The number of hydrogen-bond donors (Lipinski definition) is 3. The topological polar surface area (TPSA) is 201 Å². The molecule has 0 unspecified atom stereocenters. The number of benzene rings is 1. The van der Waals surface area contributed by atoms with Crippen molar-refractivity contribution in [2.45, 2.75) is 136 Å². The molecule has 328 valence electrons. The molecule has 5 atom stereocenters. The van der Waals surface area contributed by atoms with Crippen molar-refractivity contribution in [1.29, 1.82) is 0 Å². The number of carbonyl (C=O) groups is 4. The van der Waals surface area contributed by atoms with Gasteiger partial charge in [0.2, 0.25) is 23.3 Å². The Labute approximate surface area is 341 Å². The monoisotopic (exact) mass is 857 g/mol. The molecular weight excluding hydrogens is 804 g/mol. The number of methoxy groups -OCH3 is 1. The summed E-state index contributed by atoms with van der Waals surface area (Å²) in [4.78, 5) is 61.5. The Morgan fingerprint density at radius 3 is 2.25 bits per heavy atom. The Bertz CT molecular complexity index is 2090. The summed E-state index contributed by atoms with van der Waals surface area (Å²) in [5, 5.41) is 5.57. The fraction of sp³-hybridized carbons (Fsp3) is 0.667.